The van der Waals surface area contributed by atoms with Gasteiger partial charge in [0.15, 0.2) is 5.13 Å². The molecule has 4 nitrogen and oxygen atoms in total. The monoisotopic (exact) mass is 217 g/mol. The molecule has 13 heavy (non-hydrogen) atoms. The molecule has 6 heteroatoms. The zero-order valence-corrected chi connectivity index (χ0v) is 8.36. The van der Waals surface area contributed by atoms with E-state index in [2.05, 4.69) is 10.3 Å². The van der Waals surface area contributed by atoms with E-state index in [0.717, 1.165) is 11.7 Å². The van der Waals surface area contributed by atoms with Crippen LogP contribution in [0.15, 0.2) is 6.20 Å². The summed E-state index contributed by atoms with van der Waals surface area (Å²) in [6.07, 6.45) is 1.61. The van der Waals surface area contributed by atoms with Crippen LogP contribution in [0.2, 0.25) is 4.34 Å². The van der Waals surface area contributed by atoms with Crippen LogP contribution in [0.25, 0.3) is 0 Å². The fraction of sp³-hybridized carbons (Fsp3) is 0.429. The molecule has 1 aliphatic rings. The van der Waals surface area contributed by atoms with Crippen molar-refractivity contribution in [2.24, 2.45) is 0 Å². The number of hydrogen-bond donors (Lipinski definition) is 1. The normalized spacial score (nSPS) is 17.3. The molecule has 1 aromatic heterocycles. The Kier molecular flexibility index (Phi) is 2.37. The van der Waals surface area contributed by atoms with Gasteiger partial charge >= 0.3 is 0 Å². The summed E-state index contributed by atoms with van der Waals surface area (Å²) in [5, 5.41) is 3.57. The van der Waals surface area contributed by atoms with Crippen LogP contribution in [0.4, 0.5) is 5.13 Å². The Morgan fingerprint density at radius 1 is 1.69 bits per heavy atom. The SMILES string of the molecule is O=C1CN(c2ncc(Cl)s2)CCN1. The Morgan fingerprint density at radius 2 is 2.54 bits per heavy atom. The number of rotatable bonds is 1. The number of hydrogen-bond acceptors (Lipinski definition) is 4. The van der Waals surface area contributed by atoms with Crippen molar-refractivity contribution in [3.05, 3.63) is 10.5 Å². The van der Waals surface area contributed by atoms with Crippen molar-refractivity contribution in [2.45, 2.75) is 0 Å². The molecule has 1 aliphatic heterocycles. The first-order valence-corrected chi connectivity index (χ1v) is 5.08. The highest BCUT2D eigenvalue weighted by atomic mass is 35.5. The highest BCUT2D eigenvalue weighted by molar-refractivity contribution is 7.19. The zero-order chi connectivity index (χ0) is 9.26. The van der Waals surface area contributed by atoms with Crippen LogP contribution in [-0.2, 0) is 4.79 Å². The minimum absolute atomic E-state index is 0.0394. The van der Waals surface area contributed by atoms with Crippen LogP contribution in [-0.4, -0.2) is 30.5 Å². The van der Waals surface area contributed by atoms with Gasteiger partial charge in [-0.3, -0.25) is 4.79 Å². The molecular formula is C7H8ClN3OS. The molecule has 1 aromatic rings. The summed E-state index contributed by atoms with van der Waals surface area (Å²) in [5.41, 5.74) is 0. The van der Waals surface area contributed by atoms with Crippen molar-refractivity contribution in [1.29, 1.82) is 0 Å². The van der Waals surface area contributed by atoms with Crippen LogP contribution in [0.5, 0.6) is 0 Å². The first kappa shape index (κ1) is 8.77. The van der Waals surface area contributed by atoms with Crippen molar-refractivity contribution >= 4 is 34.0 Å². The molecular weight excluding hydrogens is 210 g/mol. The topological polar surface area (TPSA) is 45.2 Å². The summed E-state index contributed by atoms with van der Waals surface area (Å²) in [7, 11) is 0. The summed E-state index contributed by atoms with van der Waals surface area (Å²) in [4.78, 5) is 17.1. The number of halogens is 1. The van der Waals surface area contributed by atoms with Crippen LogP contribution in [0.3, 0.4) is 0 Å². The Morgan fingerprint density at radius 3 is 3.15 bits per heavy atom. The molecule has 2 heterocycles. The van der Waals surface area contributed by atoms with E-state index >= 15 is 0 Å². The molecule has 0 radical (unpaired) electrons. The molecule has 0 spiro atoms. The Labute approximate surface area is 84.5 Å². The lowest BCUT2D eigenvalue weighted by molar-refractivity contribution is -0.120. The van der Waals surface area contributed by atoms with E-state index in [4.69, 9.17) is 11.6 Å². The molecule has 2 rings (SSSR count). The van der Waals surface area contributed by atoms with Gasteiger partial charge in [-0.1, -0.05) is 22.9 Å². The Bertz CT molecular complexity index is 327. The molecule has 70 valence electrons. The van der Waals surface area contributed by atoms with Gasteiger partial charge in [-0.2, -0.15) is 0 Å². The maximum Gasteiger partial charge on any atom is 0.239 e. The van der Waals surface area contributed by atoms with Crippen LogP contribution < -0.4 is 10.2 Å². The molecule has 1 saturated heterocycles. The predicted octanol–water partition coefficient (Wildman–Crippen LogP) is 0.733. The molecule has 0 aliphatic carbocycles. The number of amides is 1. The van der Waals surface area contributed by atoms with Gasteiger partial charge < -0.3 is 10.2 Å². The van der Waals surface area contributed by atoms with Crippen LogP contribution in [0.1, 0.15) is 0 Å². The molecule has 1 N–H and O–H groups in total. The highest BCUT2D eigenvalue weighted by Crippen LogP contribution is 2.26. The molecule has 0 unspecified atom stereocenters. The Balaban J connectivity index is 2.12. The van der Waals surface area contributed by atoms with Crippen molar-refractivity contribution in [3.8, 4) is 0 Å². The third-order valence-electron chi connectivity index (χ3n) is 1.77. The molecule has 1 fully saturated rings. The van der Waals surface area contributed by atoms with Gasteiger partial charge in [0.2, 0.25) is 5.91 Å². The largest absolute Gasteiger partial charge is 0.353 e. The average molecular weight is 218 g/mol. The van der Waals surface area contributed by atoms with Gasteiger partial charge in [0.1, 0.15) is 4.34 Å². The number of carbonyl (C=O) groups excluding carboxylic acids is 1. The second-order valence-corrected chi connectivity index (χ2v) is 4.36. The number of anilines is 1. The Hall–Kier alpha value is -0.810. The van der Waals surface area contributed by atoms with Gasteiger partial charge in [-0.05, 0) is 0 Å². The molecule has 0 aromatic carbocycles. The number of nitrogens with zero attached hydrogens (tertiary/aromatic N) is 2. The maximum absolute atomic E-state index is 11.0. The molecule has 0 atom stereocenters. The average Bonchev–Trinajstić information content (AvgIpc) is 2.52. The number of thiazole rings is 1. The molecule has 0 bridgehead atoms. The summed E-state index contributed by atoms with van der Waals surface area (Å²) in [6, 6.07) is 0. The van der Waals surface area contributed by atoms with Gasteiger partial charge in [-0.25, -0.2) is 4.98 Å². The molecule has 1 amide bonds. The second kappa shape index (κ2) is 3.51. The lowest BCUT2D eigenvalue weighted by atomic mass is 10.4. The van der Waals surface area contributed by atoms with Crippen molar-refractivity contribution in [1.82, 2.24) is 10.3 Å². The van der Waals surface area contributed by atoms with Crippen LogP contribution >= 0.6 is 22.9 Å². The van der Waals surface area contributed by atoms with Crippen molar-refractivity contribution in [2.75, 3.05) is 24.5 Å². The minimum atomic E-state index is 0.0394. The first-order chi connectivity index (χ1) is 6.25. The van der Waals surface area contributed by atoms with Crippen molar-refractivity contribution < 1.29 is 4.79 Å². The summed E-state index contributed by atoms with van der Waals surface area (Å²) in [5.74, 6) is 0.0394. The van der Waals surface area contributed by atoms with Gasteiger partial charge in [0, 0.05) is 13.1 Å². The van der Waals surface area contributed by atoms with Gasteiger partial charge in [0.05, 0.1) is 12.7 Å². The van der Waals surface area contributed by atoms with E-state index in [0.29, 0.717) is 17.4 Å². The fourth-order valence-corrected chi connectivity index (χ4v) is 2.12. The van der Waals surface area contributed by atoms with Crippen molar-refractivity contribution in [3.63, 3.8) is 0 Å². The van der Waals surface area contributed by atoms with E-state index in [1.807, 2.05) is 4.90 Å². The first-order valence-electron chi connectivity index (χ1n) is 3.89. The zero-order valence-electron chi connectivity index (χ0n) is 6.79. The van der Waals surface area contributed by atoms with E-state index in [9.17, 15) is 4.79 Å². The smallest absolute Gasteiger partial charge is 0.239 e. The third kappa shape index (κ3) is 1.92. The fourth-order valence-electron chi connectivity index (χ4n) is 1.19. The predicted molar refractivity (Wildman–Crippen MR) is 52.3 cm³/mol. The number of carbonyl (C=O) groups is 1. The second-order valence-electron chi connectivity index (χ2n) is 2.72. The van der Waals surface area contributed by atoms with Gasteiger partial charge in [-0.15, -0.1) is 0 Å². The summed E-state index contributed by atoms with van der Waals surface area (Å²) in [6.45, 7) is 1.86. The maximum atomic E-state index is 11.0. The third-order valence-corrected chi connectivity index (χ3v) is 2.95. The highest BCUT2D eigenvalue weighted by Gasteiger charge is 2.18. The van der Waals surface area contributed by atoms with E-state index in [1.54, 1.807) is 6.20 Å². The molecule has 0 saturated carbocycles. The van der Waals surface area contributed by atoms with E-state index in [1.165, 1.54) is 11.3 Å². The lowest BCUT2D eigenvalue weighted by Crippen LogP contribution is -2.47. The lowest BCUT2D eigenvalue weighted by Gasteiger charge is -2.25. The number of aromatic nitrogens is 1. The number of nitrogens with one attached hydrogen (secondary N) is 1. The summed E-state index contributed by atoms with van der Waals surface area (Å²) < 4.78 is 0.654. The minimum Gasteiger partial charge on any atom is -0.353 e. The summed E-state index contributed by atoms with van der Waals surface area (Å²) >= 11 is 7.14. The van der Waals surface area contributed by atoms with E-state index < -0.39 is 0 Å². The van der Waals surface area contributed by atoms with Crippen LogP contribution in [0, 0.1) is 0 Å². The van der Waals surface area contributed by atoms with Gasteiger partial charge in [0.25, 0.3) is 0 Å². The number of piperazine rings is 1. The quantitative estimate of drug-likeness (QED) is 0.755. The van der Waals surface area contributed by atoms with E-state index in [-0.39, 0.29) is 5.91 Å². The standard InChI is InChI=1S/C7H8ClN3OS/c8-5-3-10-7(13-5)11-2-1-9-6(12)4-11/h3H,1-2,4H2,(H,9,12).